The normalized spacial score (nSPS) is 11.2. The zero-order valence-corrected chi connectivity index (χ0v) is 10.3. The van der Waals surface area contributed by atoms with E-state index in [1.165, 1.54) is 11.8 Å². The summed E-state index contributed by atoms with van der Waals surface area (Å²) in [5.74, 6) is 0. The Morgan fingerprint density at radius 1 is 1.47 bits per heavy atom. The van der Waals surface area contributed by atoms with Crippen LogP contribution in [-0.4, -0.2) is 25.2 Å². The van der Waals surface area contributed by atoms with Crippen LogP contribution in [0.15, 0.2) is 14.9 Å². The third kappa shape index (κ3) is 2.54. The van der Waals surface area contributed by atoms with E-state index in [0.717, 1.165) is 10.0 Å². The van der Waals surface area contributed by atoms with Crippen molar-refractivity contribution in [3.8, 4) is 0 Å². The molecular weight excluding hydrogens is 230 g/mol. The molecular formula is C8H11N5S2. The Kier molecular flexibility index (Phi) is 3.01. The van der Waals surface area contributed by atoms with E-state index in [-0.39, 0.29) is 6.04 Å². The highest BCUT2D eigenvalue weighted by Crippen LogP contribution is 2.27. The van der Waals surface area contributed by atoms with Crippen LogP contribution in [-0.2, 0) is 0 Å². The SMILES string of the molecule is Cc1csc(Sc2nnn(C(C)C)n2)n1. The van der Waals surface area contributed by atoms with Gasteiger partial charge in [-0.2, -0.15) is 4.80 Å². The predicted molar refractivity (Wildman–Crippen MR) is 59.2 cm³/mol. The molecule has 0 aliphatic heterocycles. The standard InChI is InChI=1S/C8H11N5S2/c1-5(2)13-11-7(10-12-13)15-8-9-6(3)4-14-8/h4-5H,1-3H3. The number of tetrazole rings is 1. The molecule has 0 spiro atoms. The Morgan fingerprint density at radius 3 is 2.80 bits per heavy atom. The van der Waals surface area contributed by atoms with Crippen LogP contribution in [0.3, 0.4) is 0 Å². The maximum atomic E-state index is 4.32. The Morgan fingerprint density at radius 2 is 2.27 bits per heavy atom. The number of aromatic nitrogens is 5. The molecule has 0 aliphatic carbocycles. The fourth-order valence-corrected chi connectivity index (χ4v) is 2.56. The zero-order chi connectivity index (χ0) is 10.8. The summed E-state index contributed by atoms with van der Waals surface area (Å²) in [4.78, 5) is 5.92. The van der Waals surface area contributed by atoms with Gasteiger partial charge < -0.3 is 0 Å². The van der Waals surface area contributed by atoms with E-state index < -0.39 is 0 Å². The maximum absolute atomic E-state index is 4.32. The van der Waals surface area contributed by atoms with Gasteiger partial charge in [-0.15, -0.1) is 21.5 Å². The topological polar surface area (TPSA) is 56.5 Å². The summed E-state index contributed by atoms with van der Waals surface area (Å²) in [6.07, 6.45) is 0. The average molecular weight is 241 g/mol. The number of hydrogen-bond acceptors (Lipinski definition) is 6. The van der Waals surface area contributed by atoms with E-state index >= 15 is 0 Å². The Labute approximate surface area is 95.9 Å². The molecule has 2 aromatic rings. The molecule has 2 aromatic heterocycles. The summed E-state index contributed by atoms with van der Waals surface area (Å²) in [6.45, 7) is 6.01. The summed E-state index contributed by atoms with van der Waals surface area (Å²) in [7, 11) is 0. The summed E-state index contributed by atoms with van der Waals surface area (Å²) in [6, 6.07) is 0.241. The van der Waals surface area contributed by atoms with Gasteiger partial charge in [-0.25, -0.2) is 4.98 Å². The number of aryl methyl sites for hydroxylation is 1. The lowest BCUT2D eigenvalue weighted by molar-refractivity contribution is 0.452. The first-order chi connectivity index (χ1) is 7.15. The minimum atomic E-state index is 0.241. The van der Waals surface area contributed by atoms with Gasteiger partial charge in [-0.1, -0.05) is 0 Å². The van der Waals surface area contributed by atoms with Crippen molar-refractivity contribution in [2.75, 3.05) is 0 Å². The minimum absolute atomic E-state index is 0.241. The van der Waals surface area contributed by atoms with Crippen molar-refractivity contribution in [3.63, 3.8) is 0 Å². The Bertz CT molecular complexity index is 447. The van der Waals surface area contributed by atoms with Crippen molar-refractivity contribution in [2.45, 2.75) is 36.3 Å². The molecule has 0 atom stereocenters. The predicted octanol–water partition coefficient (Wildman–Crippen LogP) is 2.17. The van der Waals surface area contributed by atoms with Gasteiger partial charge in [0.05, 0.1) is 6.04 Å². The minimum Gasteiger partial charge on any atom is -0.235 e. The van der Waals surface area contributed by atoms with Crippen LogP contribution in [0.5, 0.6) is 0 Å². The van der Waals surface area contributed by atoms with Crippen molar-refractivity contribution in [1.82, 2.24) is 25.2 Å². The molecule has 2 heterocycles. The van der Waals surface area contributed by atoms with Crippen LogP contribution in [0, 0.1) is 6.92 Å². The molecule has 0 unspecified atom stereocenters. The number of thiazole rings is 1. The van der Waals surface area contributed by atoms with Crippen LogP contribution in [0.4, 0.5) is 0 Å². The second kappa shape index (κ2) is 4.28. The van der Waals surface area contributed by atoms with Gasteiger partial charge in [-0.05, 0) is 37.7 Å². The molecule has 2 rings (SSSR count). The van der Waals surface area contributed by atoms with Gasteiger partial charge in [0.25, 0.3) is 0 Å². The summed E-state index contributed by atoms with van der Waals surface area (Å²) >= 11 is 3.05. The van der Waals surface area contributed by atoms with Crippen LogP contribution in [0.25, 0.3) is 0 Å². The van der Waals surface area contributed by atoms with Crippen LogP contribution in [0.1, 0.15) is 25.6 Å². The van der Waals surface area contributed by atoms with Crippen LogP contribution >= 0.6 is 23.1 Å². The zero-order valence-electron chi connectivity index (χ0n) is 8.71. The van der Waals surface area contributed by atoms with Gasteiger partial charge in [0.2, 0.25) is 5.16 Å². The number of rotatable bonds is 3. The Hall–Kier alpha value is -0.950. The fraction of sp³-hybridized carbons (Fsp3) is 0.500. The average Bonchev–Trinajstić information content (AvgIpc) is 2.76. The van der Waals surface area contributed by atoms with Crippen molar-refractivity contribution in [1.29, 1.82) is 0 Å². The summed E-state index contributed by atoms with van der Waals surface area (Å²) < 4.78 is 0.954. The van der Waals surface area contributed by atoms with Gasteiger partial charge in [0, 0.05) is 11.1 Å². The van der Waals surface area contributed by atoms with Crippen molar-refractivity contribution in [2.24, 2.45) is 0 Å². The first-order valence-corrected chi connectivity index (χ1v) is 6.24. The molecule has 7 heteroatoms. The van der Waals surface area contributed by atoms with E-state index in [0.29, 0.717) is 5.16 Å². The molecule has 0 bridgehead atoms. The highest BCUT2D eigenvalue weighted by Gasteiger charge is 2.09. The van der Waals surface area contributed by atoms with E-state index in [9.17, 15) is 0 Å². The second-order valence-electron chi connectivity index (χ2n) is 3.34. The maximum Gasteiger partial charge on any atom is 0.238 e. The first-order valence-electron chi connectivity index (χ1n) is 4.54. The largest absolute Gasteiger partial charge is 0.238 e. The van der Waals surface area contributed by atoms with Crippen LogP contribution < -0.4 is 0 Å². The first kappa shape index (κ1) is 10.6. The smallest absolute Gasteiger partial charge is 0.235 e. The molecule has 0 aliphatic rings. The molecule has 80 valence electrons. The number of hydrogen-bond donors (Lipinski definition) is 0. The number of nitrogens with zero attached hydrogens (tertiary/aromatic N) is 5. The third-order valence-corrected chi connectivity index (χ3v) is 3.55. The molecule has 0 amide bonds. The third-order valence-electron chi connectivity index (χ3n) is 1.65. The summed E-state index contributed by atoms with van der Waals surface area (Å²) in [5, 5.41) is 14.8. The molecule has 0 saturated heterocycles. The van der Waals surface area contributed by atoms with Crippen molar-refractivity contribution in [3.05, 3.63) is 11.1 Å². The van der Waals surface area contributed by atoms with E-state index in [2.05, 4.69) is 20.4 Å². The highest BCUT2D eigenvalue weighted by molar-refractivity contribution is 8.00. The summed E-state index contributed by atoms with van der Waals surface area (Å²) in [5.41, 5.74) is 1.03. The molecule has 0 N–H and O–H groups in total. The fourth-order valence-electron chi connectivity index (χ4n) is 0.929. The molecule has 0 radical (unpaired) electrons. The highest BCUT2D eigenvalue weighted by atomic mass is 32.2. The lowest BCUT2D eigenvalue weighted by Crippen LogP contribution is -2.04. The molecule has 0 aromatic carbocycles. The van der Waals surface area contributed by atoms with E-state index in [4.69, 9.17) is 0 Å². The second-order valence-corrected chi connectivity index (χ2v) is 5.42. The van der Waals surface area contributed by atoms with E-state index in [1.54, 1.807) is 16.1 Å². The molecule has 15 heavy (non-hydrogen) atoms. The van der Waals surface area contributed by atoms with Gasteiger partial charge >= 0.3 is 0 Å². The van der Waals surface area contributed by atoms with Crippen LogP contribution in [0.2, 0.25) is 0 Å². The lowest BCUT2D eigenvalue weighted by Gasteiger charge is -1.98. The molecule has 0 saturated carbocycles. The van der Waals surface area contributed by atoms with Crippen molar-refractivity contribution < 1.29 is 0 Å². The van der Waals surface area contributed by atoms with E-state index in [1.807, 2.05) is 26.2 Å². The van der Waals surface area contributed by atoms with Gasteiger partial charge in [-0.3, -0.25) is 0 Å². The quantitative estimate of drug-likeness (QED) is 0.824. The molecule has 5 nitrogen and oxygen atoms in total. The van der Waals surface area contributed by atoms with Gasteiger partial charge in [0.1, 0.15) is 0 Å². The lowest BCUT2D eigenvalue weighted by atomic mass is 10.4. The Balaban J connectivity index is 2.11. The molecule has 0 fully saturated rings. The monoisotopic (exact) mass is 241 g/mol. The van der Waals surface area contributed by atoms with Crippen molar-refractivity contribution >= 4 is 23.1 Å². The van der Waals surface area contributed by atoms with Gasteiger partial charge in [0.15, 0.2) is 4.34 Å².